The Labute approximate surface area is 197 Å². The van der Waals surface area contributed by atoms with Crippen LogP contribution in [0.15, 0.2) is 24.4 Å². The van der Waals surface area contributed by atoms with Gasteiger partial charge in [-0.15, -0.1) is 5.53 Å². The van der Waals surface area contributed by atoms with Gasteiger partial charge in [-0.3, -0.25) is 14.9 Å². The van der Waals surface area contributed by atoms with Gasteiger partial charge in [0.15, 0.2) is 0 Å². The molecule has 2 aliphatic carbocycles. The molecule has 3 N–H and O–H groups in total. The number of hydrogen-bond donors (Lipinski definition) is 3. The Hall–Kier alpha value is -1.64. The van der Waals surface area contributed by atoms with Crippen molar-refractivity contribution < 1.29 is 14.9 Å². The van der Waals surface area contributed by atoms with Crippen molar-refractivity contribution in [1.29, 1.82) is 0 Å². The summed E-state index contributed by atoms with van der Waals surface area (Å²) < 4.78 is 5.45. The van der Waals surface area contributed by atoms with Crippen LogP contribution in [0, 0.1) is 5.92 Å². The van der Waals surface area contributed by atoms with Crippen molar-refractivity contribution in [3.05, 3.63) is 41.1 Å². The molecule has 33 heavy (non-hydrogen) atoms. The van der Waals surface area contributed by atoms with Gasteiger partial charge in [-0.05, 0) is 75.1 Å². The van der Waals surface area contributed by atoms with Crippen LogP contribution in [0.25, 0.3) is 5.70 Å². The second-order valence-corrected chi connectivity index (χ2v) is 10.8. The molecule has 1 aromatic carbocycles. The number of hydrogen-bond acceptors (Lipinski definition) is 7. The first-order valence-electron chi connectivity index (χ1n) is 12.6. The van der Waals surface area contributed by atoms with E-state index in [4.69, 9.17) is 4.74 Å². The SMILES string of the molecule is COC1CC(N2C=C(c3ccc(CN4CCC[C@H]([C@](C)(O)CO)C4)c(C4CC4)c3)N(C)N2)C1. The first-order chi connectivity index (χ1) is 15.9. The molecular formula is C26H40N4O3. The molecule has 2 heterocycles. The molecule has 0 radical (unpaired) electrons. The van der Waals surface area contributed by atoms with Gasteiger partial charge in [-0.25, -0.2) is 0 Å². The first kappa shape index (κ1) is 23.1. The fourth-order valence-electron chi connectivity index (χ4n) is 5.64. The molecule has 1 aromatic rings. The number of aliphatic hydroxyl groups is 2. The van der Waals surface area contributed by atoms with Crippen molar-refractivity contribution in [1.82, 2.24) is 20.5 Å². The van der Waals surface area contributed by atoms with Gasteiger partial charge < -0.3 is 14.9 Å². The van der Waals surface area contributed by atoms with Gasteiger partial charge in [0.2, 0.25) is 0 Å². The van der Waals surface area contributed by atoms with Crippen LogP contribution >= 0.6 is 0 Å². The molecule has 7 heteroatoms. The van der Waals surface area contributed by atoms with Crippen molar-refractivity contribution in [2.75, 3.05) is 33.9 Å². The molecule has 182 valence electrons. The number of nitrogens with zero attached hydrogens (tertiary/aromatic N) is 3. The van der Waals surface area contributed by atoms with E-state index in [-0.39, 0.29) is 12.5 Å². The van der Waals surface area contributed by atoms with E-state index in [1.165, 1.54) is 35.2 Å². The summed E-state index contributed by atoms with van der Waals surface area (Å²) in [6, 6.07) is 7.47. The van der Waals surface area contributed by atoms with E-state index in [0.717, 1.165) is 45.3 Å². The number of methoxy groups -OCH3 is 1. The minimum absolute atomic E-state index is 0.124. The summed E-state index contributed by atoms with van der Waals surface area (Å²) in [6.07, 6.45) is 9.36. The van der Waals surface area contributed by atoms with Gasteiger partial charge in [0.05, 0.1) is 30.1 Å². The fourth-order valence-corrected chi connectivity index (χ4v) is 5.64. The van der Waals surface area contributed by atoms with E-state index in [1.54, 1.807) is 14.0 Å². The van der Waals surface area contributed by atoms with Crippen LogP contribution in [0.5, 0.6) is 0 Å². The molecule has 0 amide bonds. The summed E-state index contributed by atoms with van der Waals surface area (Å²) in [5, 5.41) is 24.5. The van der Waals surface area contributed by atoms with Crippen LogP contribution in [-0.4, -0.2) is 76.7 Å². The highest BCUT2D eigenvalue weighted by atomic mass is 16.5. The van der Waals surface area contributed by atoms with Crippen LogP contribution in [0.1, 0.15) is 68.1 Å². The maximum Gasteiger partial charge on any atom is 0.0889 e. The zero-order chi connectivity index (χ0) is 23.2. The van der Waals surface area contributed by atoms with Crippen molar-refractivity contribution in [3.8, 4) is 0 Å². The Morgan fingerprint density at radius 2 is 2.00 bits per heavy atom. The predicted molar refractivity (Wildman–Crippen MR) is 129 cm³/mol. The van der Waals surface area contributed by atoms with Crippen LogP contribution in [0.3, 0.4) is 0 Å². The molecule has 2 saturated carbocycles. The number of ether oxygens (including phenoxy) is 1. The Bertz CT molecular complexity index is 878. The molecule has 3 fully saturated rings. The van der Waals surface area contributed by atoms with Crippen LogP contribution in [-0.2, 0) is 11.3 Å². The second-order valence-electron chi connectivity index (χ2n) is 10.8. The summed E-state index contributed by atoms with van der Waals surface area (Å²) >= 11 is 0. The monoisotopic (exact) mass is 456 g/mol. The van der Waals surface area contributed by atoms with Gasteiger partial charge in [0.25, 0.3) is 0 Å². The maximum atomic E-state index is 10.6. The summed E-state index contributed by atoms with van der Waals surface area (Å²) in [5.74, 6) is 0.796. The standard InChI is InChI=1S/C26H40N4O3/c1-26(32,17-31)21-5-4-10-29(15-21)14-20-9-8-19(11-24(20)18-6-7-18)25-16-30(27-28(25)2)22-12-23(13-22)33-3/h8-9,11,16,18,21-23,27,31-32H,4-7,10,12-15,17H2,1-3H3/t21-,22?,23?,26+/m0/s1. The topological polar surface area (TPSA) is 71.4 Å². The third kappa shape index (κ3) is 4.80. The highest BCUT2D eigenvalue weighted by Gasteiger charge is 2.37. The Balaban J connectivity index is 1.31. The Morgan fingerprint density at radius 3 is 2.70 bits per heavy atom. The number of hydrazine groups is 2. The molecule has 1 saturated heterocycles. The normalized spacial score (nSPS) is 30.2. The lowest BCUT2D eigenvalue weighted by Crippen LogP contribution is -2.51. The summed E-state index contributed by atoms with van der Waals surface area (Å²) in [5.41, 5.74) is 7.86. The van der Waals surface area contributed by atoms with Gasteiger partial charge in [-0.1, -0.05) is 12.1 Å². The molecular weight excluding hydrogens is 416 g/mol. The number of aliphatic hydroxyl groups excluding tert-OH is 1. The highest BCUT2D eigenvalue weighted by Crippen LogP contribution is 2.43. The lowest BCUT2D eigenvalue weighted by Gasteiger charge is -2.40. The number of nitrogens with one attached hydrogen (secondary N) is 1. The third-order valence-electron chi connectivity index (χ3n) is 8.24. The Kier molecular flexibility index (Phi) is 6.44. The Morgan fingerprint density at radius 1 is 1.21 bits per heavy atom. The largest absolute Gasteiger partial charge is 0.393 e. The van der Waals surface area contributed by atoms with E-state index >= 15 is 0 Å². The van der Waals surface area contributed by atoms with Gasteiger partial charge >= 0.3 is 0 Å². The molecule has 0 unspecified atom stereocenters. The first-order valence-corrected chi connectivity index (χ1v) is 12.6. The number of likely N-dealkylation sites (tertiary alicyclic amines) is 1. The molecule has 7 nitrogen and oxygen atoms in total. The van der Waals surface area contributed by atoms with Crippen LogP contribution in [0.4, 0.5) is 0 Å². The summed E-state index contributed by atoms with van der Waals surface area (Å²) in [4.78, 5) is 2.46. The summed E-state index contributed by atoms with van der Waals surface area (Å²) in [6.45, 7) is 4.42. The average Bonchev–Trinajstić information content (AvgIpc) is 3.56. The smallest absolute Gasteiger partial charge is 0.0889 e. The zero-order valence-electron chi connectivity index (χ0n) is 20.3. The van der Waals surface area contributed by atoms with Crippen LogP contribution < -0.4 is 5.53 Å². The molecule has 0 aromatic heterocycles. The van der Waals surface area contributed by atoms with Crippen molar-refractivity contribution in [2.24, 2.45) is 5.92 Å². The van der Waals surface area contributed by atoms with E-state index in [1.807, 2.05) is 0 Å². The fraction of sp³-hybridized carbons (Fsp3) is 0.692. The van der Waals surface area contributed by atoms with E-state index < -0.39 is 5.60 Å². The van der Waals surface area contributed by atoms with Crippen molar-refractivity contribution >= 4 is 5.70 Å². The number of rotatable bonds is 8. The average molecular weight is 457 g/mol. The lowest BCUT2D eigenvalue weighted by molar-refractivity contribution is -0.0697. The molecule has 0 spiro atoms. The van der Waals surface area contributed by atoms with Crippen molar-refractivity contribution in [3.63, 3.8) is 0 Å². The molecule has 2 aliphatic heterocycles. The minimum Gasteiger partial charge on any atom is -0.393 e. The highest BCUT2D eigenvalue weighted by molar-refractivity contribution is 5.66. The molecule has 2 atom stereocenters. The van der Waals surface area contributed by atoms with Crippen LogP contribution in [0.2, 0.25) is 0 Å². The predicted octanol–water partition coefficient (Wildman–Crippen LogP) is 2.66. The molecule has 0 bridgehead atoms. The number of piperidine rings is 1. The third-order valence-corrected chi connectivity index (χ3v) is 8.24. The molecule has 4 aliphatic rings. The second kappa shape index (κ2) is 9.19. The van der Waals surface area contributed by atoms with Crippen molar-refractivity contribution in [2.45, 2.75) is 75.7 Å². The number of benzene rings is 1. The minimum atomic E-state index is -0.996. The van der Waals surface area contributed by atoms with Gasteiger partial charge in [0, 0.05) is 44.9 Å². The maximum absolute atomic E-state index is 10.6. The quantitative estimate of drug-likeness (QED) is 0.556. The van der Waals surface area contributed by atoms with E-state index in [9.17, 15) is 10.2 Å². The van der Waals surface area contributed by atoms with Gasteiger partial charge in [0.1, 0.15) is 0 Å². The summed E-state index contributed by atoms with van der Waals surface area (Å²) in [7, 11) is 3.88. The van der Waals surface area contributed by atoms with E-state index in [2.05, 4.69) is 51.9 Å². The van der Waals surface area contributed by atoms with E-state index in [0.29, 0.717) is 18.1 Å². The molecule has 5 rings (SSSR count). The zero-order valence-corrected chi connectivity index (χ0v) is 20.3. The lowest BCUT2D eigenvalue weighted by atomic mass is 9.83. The van der Waals surface area contributed by atoms with Gasteiger partial charge in [-0.2, -0.15) is 0 Å².